The van der Waals surface area contributed by atoms with Gasteiger partial charge in [0, 0.05) is 12.3 Å². The number of carbonyl (C=O) groups excluding carboxylic acids is 3. The fraction of sp³-hybridized carbons (Fsp3) is 0.500. The van der Waals surface area contributed by atoms with Gasteiger partial charge in [-0.15, -0.1) is 0 Å². The standard InChI is InChI=1S/C18H22F2N2O5/c1-27-17(25)9-21-18(26)11-7-14(15(23)8-11)22-16(24)5-3-10-2-4-12(19)13(20)6-10/h2,4,6,11,14-15,23H,3,5,7-9H2,1H3,(H,21,26)(H,22,24)/t11-,14+,15+/m0/s1. The predicted octanol–water partition coefficient (Wildman–Crippen LogP) is 0.442. The van der Waals surface area contributed by atoms with Crippen molar-refractivity contribution in [2.24, 2.45) is 5.92 Å². The van der Waals surface area contributed by atoms with Gasteiger partial charge in [0.05, 0.1) is 19.3 Å². The molecule has 1 aliphatic carbocycles. The smallest absolute Gasteiger partial charge is 0.325 e. The number of hydrogen-bond acceptors (Lipinski definition) is 5. The monoisotopic (exact) mass is 384 g/mol. The van der Waals surface area contributed by atoms with Gasteiger partial charge in [0.15, 0.2) is 11.6 Å². The summed E-state index contributed by atoms with van der Waals surface area (Å²) < 4.78 is 30.5. The Morgan fingerprint density at radius 2 is 1.96 bits per heavy atom. The van der Waals surface area contributed by atoms with Gasteiger partial charge < -0.3 is 20.5 Å². The van der Waals surface area contributed by atoms with E-state index >= 15 is 0 Å². The number of benzene rings is 1. The molecule has 1 saturated carbocycles. The second-order valence-corrected chi connectivity index (χ2v) is 6.45. The molecule has 0 saturated heterocycles. The first-order chi connectivity index (χ1) is 12.8. The Labute approximate surface area is 155 Å². The Bertz CT molecular complexity index is 713. The summed E-state index contributed by atoms with van der Waals surface area (Å²) in [6.07, 6.45) is -0.222. The second kappa shape index (κ2) is 9.40. The molecule has 1 aromatic rings. The zero-order valence-electron chi connectivity index (χ0n) is 14.8. The summed E-state index contributed by atoms with van der Waals surface area (Å²) in [7, 11) is 1.21. The van der Waals surface area contributed by atoms with Crippen LogP contribution in [-0.2, 0) is 25.5 Å². The van der Waals surface area contributed by atoms with Crippen molar-refractivity contribution in [1.82, 2.24) is 10.6 Å². The summed E-state index contributed by atoms with van der Waals surface area (Å²) in [5.74, 6) is -3.78. The molecule has 9 heteroatoms. The first-order valence-corrected chi connectivity index (χ1v) is 8.56. The van der Waals surface area contributed by atoms with Gasteiger partial charge in [-0.1, -0.05) is 6.07 Å². The number of aliphatic hydroxyl groups excluding tert-OH is 1. The number of carbonyl (C=O) groups is 3. The molecule has 0 heterocycles. The normalized spacial score (nSPS) is 21.6. The third kappa shape index (κ3) is 5.99. The van der Waals surface area contributed by atoms with Crippen LogP contribution >= 0.6 is 0 Å². The number of amides is 2. The van der Waals surface area contributed by atoms with E-state index in [0.29, 0.717) is 5.56 Å². The van der Waals surface area contributed by atoms with Gasteiger partial charge in [0.25, 0.3) is 0 Å². The van der Waals surface area contributed by atoms with E-state index in [4.69, 9.17) is 0 Å². The van der Waals surface area contributed by atoms with Crippen molar-refractivity contribution in [3.8, 4) is 0 Å². The fourth-order valence-corrected chi connectivity index (χ4v) is 2.99. The molecule has 1 fully saturated rings. The largest absolute Gasteiger partial charge is 0.468 e. The van der Waals surface area contributed by atoms with Crippen molar-refractivity contribution in [3.63, 3.8) is 0 Å². The van der Waals surface area contributed by atoms with Crippen molar-refractivity contribution in [2.75, 3.05) is 13.7 Å². The highest BCUT2D eigenvalue weighted by Gasteiger charge is 2.37. The fourth-order valence-electron chi connectivity index (χ4n) is 2.99. The second-order valence-electron chi connectivity index (χ2n) is 6.45. The molecular weight excluding hydrogens is 362 g/mol. The molecule has 3 atom stereocenters. The first kappa shape index (κ1) is 20.8. The highest BCUT2D eigenvalue weighted by Crippen LogP contribution is 2.26. The minimum Gasteiger partial charge on any atom is -0.468 e. The Kier molecular flexibility index (Phi) is 7.23. The van der Waals surface area contributed by atoms with E-state index in [1.54, 1.807) is 0 Å². The number of aliphatic hydroxyl groups is 1. The number of aryl methyl sites for hydroxylation is 1. The van der Waals surface area contributed by atoms with Crippen LogP contribution in [0.5, 0.6) is 0 Å². The summed E-state index contributed by atoms with van der Waals surface area (Å²) >= 11 is 0. The Hall–Kier alpha value is -2.55. The number of rotatable bonds is 7. The Morgan fingerprint density at radius 1 is 1.22 bits per heavy atom. The number of esters is 1. The van der Waals surface area contributed by atoms with Crippen LogP contribution in [0.1, 0.15) is 24.8 Å². The lowest BCUT2D eigenvalue weighted by Crippen LogP contribution is -2.40. The first-order valence-electron chi connectivity index (χ1n) is 8.56. The molecule has 27 heavy (non-hydrogen) atoms. The molecule has 148 valence electrons. The van der Waals surface area contributed by atoms with Crippen molar-refractivity contribution in [1.29, 1.82) is 0 Å². The van der Waals surface area contributed by atoms with Gasteiger partial charge in [-0.3, -0.25) is 14.4 Å². The van der Waals surface area contributed by atoms with Crippen LogP contribution < -0.4 is 10.6 Å². The molecule has 1 aliphatic rings. The molecule has 0 radical (unpaired) electrons. The van der Waals surface area contributed by atoms with Gasteiger partial charge in [-0.2, -0.15) is 0 Å². The molecule has 2 rings (SSSR count). The zero-order chi connectivity index (χ0) is 20.0. The Morgan fingerprint density at radius 3 is 2.63 bits per heavy atom. The molecule has 0 bridgehead atoms. The lowest BCUT2D eigenvalue weighted by atomic mass is 10.1. The van der Waals surface area contributed by atoms with Gasteiger partial charge in [-0.25, -0.2) is 8.78 Å². The van der Waals surface area contributed by atoms with E-state index < -0.39 is 41.6 Å². The number of methoxy groups -OCH3 is 1. The SMILES string of the molecule is COC(=O)CNC(=O)[C@@H]1C[C@@H](O)[C@H](NC(=O)CCc2ccc(F)c(F)c2)C1. The average Bonchev–Trinajstić information content (AvgIpc) is 3.00. The Balaban J connectivity index is 1.79. The zero-order valence-corrected chi connectivity index (χ0v) is 14.8. The highest BCUT2D eigenvalue weighted by atomic mass is 19.2. The van der Waals surface area contributed by atoms with Crippen molar-refractivity contribution < 1.29 is 33.0 Å². The molecule has 0 aromatic heterocycles. The lowest BCUT2D eigenvalue weighted by Gasteiger charge is -2.16. The van der Waals surface area contributed by atoms with Crippen LogP contribution in [0, 0.1) is 17.6 Å². The molecule has 0 spiro atoms. The van der Waals surface area contributed by atoms with E-state index in [-0.39, 0.29) is 38.1 Å². The third-order valence-electron chi connectivity index (χ3n) is 4.51. The van der Waals surface area contributed by atoms with Gasteiger partial charge >= 0.3 is 5.97 Å². The summed E-state index contributed by atoms with van der Waals surface area (Å²) in [6, 6.07) is 2.85. The summed E-state index contributed by atoms with van der Waals surface area (Å²) in [4.78, 5) is 35.1. The minimum absolute atomic E-state index is 0.0352. The maximum atomic E-state index is 13.2. The van der Waals surface area contributed by atoms with E-state index in [1.165, 1.54) is 13.2 Å². The molecule has 2 amide bonds. The highest BCUT2D eigenvalue weighted by molar-refractivity contribution is 5.84. The molecule has 3 N–H and O–H groups in total. The number of nitrogens with one attached hydrogen (secondary N) is 2. The predicted molar refractivity (Wildman–Crippen MR) is 90.4 cm³/mol. The molecule has 7 nitrogen and oxygen atoms in total. The lowest BCUT2D eigenvalue weighted by molar-refractivity contribution is -0.141. The van der Waals surface area contributed by atoms with Crippen LogP contribution in [0.15, 0.2) is 18.2 Å². The summed E-state index contributed by atoms with van der Waals surface area (Å²) in [5.41, 5.74) is 0.482. The number of ether oxygens (including phenoxy) is 1. The molecule has 0 aliphatic heterocycles. The molecule has 1 aromatic carbocycles. The van der Waals surface area contributed by atoms with Crippen molar-refractivity contribution >= 4 is 17.8 Å². The molecule has 0 unspecified atom stereocenters. The van der Waals surface area contributed by atoms with Crippen LogP contribution in [0.3, 0.4) is 0 Å². The number of halogens is 2. The summed E-state index contributed by atoms with van der Waals surface area (Å²) in [6.45, 7) is -0.257. The van der Waals surface area contributed by atoms with Gasteiger partial charge in [0.1, 0.15) is 6.54 Å². The van der Waals surface area contributed by atoms with E-state index in [2.05, 4.69) is 15.4 Å². The van der Waals surface area contributed by atoms with E-state index in [1.807, 2.05) is 0 Å². The van der Waals surface area contributed by atoms with Crippen LogP contribution in [0.2, 0.25) is 0 Å². The number of hydrogen-bond donors (Lipinski definition) is 3. The van der Waals surface area contributed by atoms with E-state index in [0.717, 1.165) is 12.1 Å². The summed E-state index contributed by atoms with van der Waals surface area (Å²) in [5, 5.41) is 15.1. The van der Waals surface area contributed by atoms with Crippen molar-refractivity contribution in [3.05, 3.63) is 35.4 Å². The van der Waals surface area contributed by atoms with Crippen LogP contribution in [0.4, 0.5) is 8.78 Å². The molecular formula is C18H22F2N2O5. The van der Waals surface area contributed by atoms with Gasteiger partial charge in [0.2, 0.25) is 11.8 Å². The average molecular weight is 384 g/mol. The maximum absolute atomic E-state index is 13.2. The van der Waals surface area contributed by atoms with E-state index in [9.17, 15) is 28.3 Å². The topological polar surface area (TPSA) is 105 Å². The quantitative estimate of drug-likeness (QED) is 0.592. The van der Waals surface area contributed by atoms with Crippen LogP contribution in [-0.4, -0.2) is 48.7 Å². The van der Waals surface area contributed by atoms with Crippen LogP contribution in [0.25, 0.3) is 0 Å². The maximum Gasteiger partial charge on any atom is 0.325 e. The minimum atomic E-state index is -0.972. The van der Waals surface area contributed by atoms with Crippen molar-refractivity contribution in [2.45, 2.75) is 37.8 Å². The third-order valence-corrected chi connectivity index (χ3v) is 4.51. The van der Waals surface area contributed by atoms with Gasteiger partial charge in [-0.05, 0) is 37.0 Å².